The molecule has 0 radical (unpaired) electrons. The van der Waals surface area contributed by atoms with Crippen LogP contribution in [0.1, 0.15) is 447 Å². The molecule has 0 saturated carbocycles. The number of carbonyl (C=O) groups is 4. The average Bonchev–Trinajstić information content (AvgIpc) is 0.932. The molecule has 0 heterocycles. The van der Waals surface area contributed by atoms with E-state index in [9.17, 15) is 43.2 Å². The number of phosphoric ester groups is 2. The fraction of sp³-hybridized carbons (Fsp3) is 0.953. The van der Waals surface area contributed by atoms with Gasteiger partial charge in [-0.15, -0.1) is 0 Å². The van der Waals surface area contributed by atoms with Crippen molar-refractivity contribution in [1.29, 1.82) is 0 Å². The zero-order chi connectivity index (χ0) is 76.5. The number of carbonyl (C=O) groups excluding carboxylic acids is 4. The lowest BCUT2D eigenvalue weighted by Gasteiger charge is -2.21. The Hall–Kier alpha value is -1.94. The maximum atomic E-state index is 13.1. The largest absolute Gasteiger partial charge is 0.472 e. The van der Waals surface area contributed by atoms with Gasteiger partial charge in [0.25, 0.3) is 0 Å². The number of esters is 4. The fourth-order valence-electron chi connectivity index (χ4n) is 13.1. The molecule has 0 bridgehead atoms. The third kappa shape index (κ3) is 75.5. The fourth-order valence-corrected chi connectivity index (χ4v) is 14.7. The first-order valence-electron chi connectivity index (χ1n) is 43.9. The molecule has 0 rings (SSSR count). The van der Waals surface area contributed by atoms with Crippen molar-refractivity contribution in [1.82, 2.24) is 0 Å². The van der Waals surface area contributed by atoms with Crippen LogP contribution in [0.5, 0.6) is 0 Å². The highest BCUT2D eigenvalue weighted by Gasteiger charge is 2.30. The van der Waals surface area contributed by atoms with Crippen LogP contribution < -0.4 is 0 Å². The smallest absolute Gasteiger partial charge is 0.462 e. The van der Waals surface area contributed by atoms with E-state index < -0.39 is 97.5 Å². The monoisotopic (exact) mass is 1520 g/mol. The Kier molecular flexibility index (Phi) is 73.7. The van der Waals surface area contributed by atoms with E-state index >= 15 is 0 Å². The van der Waals surface area contributed by atoms with E-state index in [4.69, 9.17) is 37.0 Å². The maximum Gasteiger partial charge on any atom is 0.472 e. The second-order valence-corrected chi connectivity index (χ2v) is 34.4. The van der Waals surface area contributed by atoms with Crippen LogP contribution in [0.3, 0.4) is 0 Å². The topological polar surface area (TPSA) is 237 Å². The number of aliphatic hydroxyl groups is 1. The molecule has 4 unspecified atom stereocenters. The van der Waals surface area contributed by atoms with Crippen LogP contribution in [0.2, 0.25) is 0 Å². The highest BCUT2D eigenvalue weighted by molar-refractivity contribution is 7.47. The third-order valence-corrected chi connectivity index (χ3v) is 22.5. The van der Waals surface area contributed by atoms with Gasteiger partial charge in [0.1, 0.15) is 19.3 Å². The van der Waals surface area contributed by atoms with E-state index in [0.29, 0.717) is 25.7 Å². The molecule has 0 aromatic rings. The number of unbranched alkanes of at least 4 members (excludes halogenated alkanes) is 49. The third-order valence-electron chi connectivity index (χ3n) is 20.6. The molecule has 17 nitrogen and oxygen atoms in total. The number of aliphatic hydroxyl groups excluding tert-OH is 1. The van der Waals surface area contributed by atoms with Gasteiger partial charge < -0.3 is 33.8 Å². The Labute approximate surface area is 638 Å². The lowest BCUT2D eigenvalue weighted by molar-refractivity contribution is -0.161. The molecule has 104 heavy (non-hydrogen) atoms. The van der Waals surface area contributed by atoms with Crippen molar-refractivity contribution in [3.8, 4) is 0 Å². The molecule has 0 spiro atoms. The van der Waals surface area contributed by atoms with Crippen LogP contribution in [0.15, 0.2) is 0 Å². The first kappa shape index (κ1) is 102. The van der Waals surface area contributed by atoms with Crippen LogP contribution in [0.25, 0.3) is 0 Å². The summed E-state index contributed by atoms with van der Waals surface area (Å²) in [5.74, 6) is 0.325. The molecule has 0 amide bonds. The summed E-state index contributed by atoms with van der Waals surface area (Å²) in [7, 11) is -9.93. The number of ether oxygens (including phenoxy) is 4. The molecular formula is C85H166O17P2. The van der Waals surface area contributed by atoms with Crippen LogP contribution in [-0.2, 0) is 65.4 Å². The summed E-state index contributed by atoms with van der Waals surface area (Å²) in [6.45, 7) is 12.1. The van der Waals surface area contributed by atoms with Gasteiger partial charge in [-0.1, -0.05) is 395 Å². The minimum absolute atomic E-state index is 0.108. The van der Waals surface area contributed by atoms with Gasteiger partial charge in [0.05, 0.1) is 26.4 Å². The zero-order valence-corrected chi connectivity index (χ0v) is 70.3. The van der Waals surface area contributed by atoms with Crippen molar-refractivity contribution in [2.24, 2.45) is 17.8 Å². The normalized spacial score (nSPS) is 14.4. The Morgan fingerprint density at radius 2 is 0.490 bits per heavy atom. The van der Waals surface area contributed by atoms with Crippen molar-refractivity contribution in [3.63, 3.8) is 0 Å². The summed E-state index contributed by atoms with van der Waals surface area (Å²) in [4.78, 5) is 73.2. The Morgan fingerprint density at radius 1 is 0.279 bits per heavy atom. The summed E-state index contributed by atoms with van der Waals surface area (Å²) in [5.41, 5.74) is 0. The predicted octanol–water partition coefficient (Wildman–Crippen LogP) is 25.7. The van der Waals surface area contributed by atoms with Gasteiger partial charge in [0.15, 0.2) is 12.2 Å². The first-order valence-corrected chi connectivity index (χ1v) is 46.9. The molecule has 0 aliphatic heterocycles. The van der Waals surface area contributed by atoms with Gasteiger partial charge in [-0.25, -0.2) is 9.13 Å². The van der Waals surface area contributed by atoms with Crippen LogP contribution in [0, 0.1) is 17.8 Å². The van der Waals surface area contributed by atoms with E-state index in [2.05, 4.69) is 48.5 Å². The van der Waals surface area contributed by atoms with Gasteiger partial charge in [-0.3, -0.25) is 37.3 Å². The number of hydrogen-bond donors (Lipinski definition) is 3. The van der Waals surface area contributed by atoms with Gasteiger partial charge in [-0.05, 0) is 43.4 Å². The molecule has 0 fully saturated rings. The quantitative estimate of drug-likeness (QED) is 0.0222. The first-order chi connectivity index (χ1) is 50.3. The highest BCUT2D eigenvalue weighted by atomic mass is 31.2. The summed E-state index contributed by atoms with van der Waals surface area (Å²) >= 11 is 0. The molecule has 0 aliphatic carbocycles. The Morgan fingerprint density at radius 3 is 0.731 bits per heavy atom. The Balaban J connectivity index is 5.24. The molecular weight excluding hydrogens is 1350 g/mol. The second-order valence-electron chi connectivity index (χ2n) is 31.5. The van der Waals surface area contributed by atoms with E-state index in [1.807, 2.05) is 0 Å². The lowest BCUT2D eigenvalue weighted by atomic mass is 9.99. The zero-order valence-electron chi connectivity index (χ0n) is 68.5. The van der Waals surface area contributed by atoms with E-state index in [1.165, 1.54) is 257 Å². The van der Waals surface area contributed by atoms with E-state index in [1.54, 1.807) is 0 Å². The number of rotatable bonds is 83. The molecule has 0 saturated heterocycles. The van der Waals surface area contributed by atoms with Gasteiger partial charge in [0, 0.05) is 25.7 Å². The molecule has 0 aliphatic rings. The highest BCUT2D eigenvalue weighted by Crippen LogP contribution is 2.45. The SMILES string of the molecule is CCCCCCCCCCCCCCCCCC(=O)O[C@H](COC(=O)CCCCCCCCCCC(C)CC)COP(=O)(O)OC[C@H](O)COP(=O)(O)OC[C@@H](COC(=O)CCCCCCCCCCCCCCC(C)C)OC(=O)CCCCCCCCCCCCCCCCCCCCC(C)CC. The standard InChI is InChI=1S/C85H166O17P2/c1-8-11-12-13-14-15-16-17-22-26-33-38-47-54-61-68-85(90)102-81(73-96-83(88)67-60-53-46-41-40-44-51-58-65-78(7)10-3)75-100-104(93,94)98-71-79(86)70-97-103(91,92)99-74-80(72-95-82(87)66-59-52-45-37-32-29-28-30-35-42-49-56-63-76(4)5)101-84(89)69-62-55-48-39-34-27-24-21-19-18-20-23-25-31-36-43-50-57-64-77(6)9-2/h76-81,86H,8-75H2,1-7H3,(H,91,92)(H,93,94)/t77?,78?,79-,80-,81-/m1/s1. The molecule has 618 valence electrons. The van der Waals surface area contributed by atoms with Crippen LogP contribution in [0.4, 0.5) is 0 Å². The van der Waals surface area contributed by atoms with Gasteiger partial charge in [0.2, 0.25) is 0 Å². The van der Waals surface area contributed by atoms with Gasteiger partial charge >= 0.3 is 39.5 Å². The summed E-state index contributed by atoms with van der Waals surface area (Å²) in [6.07, 6.45) is 65.1. The lowest BCUT2D eigenvalue weighted by Crippen LogP contribution is -2.30. The Bertz CT molecular complexity index is 2010. The molecule has 0 aromatic heterocycles. The molecule has 19 heteroatoms. The number of phosphoric acid groups is 2. The minimum Gasteiger partial charge on any atom is -0.462 e. The van der Waals surface area contributed by atoms with Crippen LogP contribution >= 0.6 is 15.6 Å². The summed E-state index contributed by atoms with van der Waals surface area (Å²) in [6, 6.07) is 0. The van der Waals surface area contributed by atoms with Gasteiger partial charge in [-0.2, -0.15) is 0 Å². The van der Waals surface area contributed by atoms with Crippen molar-refractivity contribution in [2.75, 3.05) is 39.6 Å². The summed E-state index contributed by atoms with van der Waals surface area (Å²) < 4.78 is 68.9. The number of hydrogen-bond acceptors (Lipinski definition) is 15. The molecule has 7 atom stereocenters. The molecule has 3 N–H and O–H groups in total. The van der Waals surface area contributed by atoms with Crippen LogP contribution in [-0.4, -0.2) is 96.7 Å². The minimum atomic E-state index is -4.97. The second kappa shape index (κ2) is 75.1. The van der Waals surface area contributed by atoms with Crippen molar-refractivity contribution < 1.29 is 80.2 Å². The van der Waals surface area contributed by atoms with E-state index in [-0.39, 0.29) is 25.7 Å². The maximum absolute atomic E-state index is 13.1. The average molecular weight is 1520 g/mol. The van der Waals surface area contributed by atoms with Crippen molar-refractivity contribution >= 4 is 39.5 Å². The predicted molar refractivity (Wildman–Crippen MR) is 428 cm³/mol. The van der Waals surface area contributed by atoms with Crippen molar-refractivity contribution in [3.05, 3.63) is 0 Å². The summed E-state index contributed by atoms with van der Waals surface area (Å²) in [5, 5.41) is 10.7. The molecule has 0 aromatic carbocycles. The van der Waals surface area contributed by atoms with Crippen molar-refractivity contribution in [2.45, 2.75) is 465 Å². The van der Waals surface area contributed by atoms with E-state index in [0.717, 1.165) is 108 Å².